The van der Waals surface area contributed by atoms with Crippen LogP contribution in [0.25, 0.3) is 21.0 Å². The number of nitrogens with one attached hydrogen (secondary N) is 1. The van der Waals surface area contributed by atoms with Crippen molar-refractivity contribution in [2.45, 2.75) is 25.1 Å². The third kappa shape index (κ3) is 4.50. The number of amides is 1. The second kappa shape index (κ2) is 8.09. The van der Waals surface area contributed by atoms with Crippen LogP contribution in [-0.2, 0) is 29.1 Å². The molecule has 162 valence electrons. The molecule has 0 radical (unpaired) electrons. The van der Waals surface area contributed by atoms with E-state index in [1.807, 2.05) is 49.0 Å². The standard InChI is InChI=1S/C23H23FN2O3S2/c1-14(10-15-12-26(2)20-9-8-16(24)11-18(15)20)25-23(27)22-19(13-31(3,28)29)17-6-4-5-7-21(17)30-22/h4-9,11-12,14H,10,13H2,1-3H3,(H,25,27). The van der Waals surface area contributed by atoms with Crippen molar-refractivity contribution >= 4 is 48.1 Å². The maximum atomic E-state index is 13.7. The minimum atomic E-state index is -3.31. The molecule has 1 amide bonds. The number of aryl methyl sites for hydroxylation is 1. The van der Waals surface area contributed by atoms with Gasteiger partial charge in [0.1, 0.15) is 5.82 Å². The molecule has 0 saturated heterocycles. The number of nitrogens with zero attached hydrogens (tertiary/aromatic N) is 1. The molecule has 0 spiro atoms. The van der Waals surface area contributed by atoms with E-state index in [2.05, 4.69) is 5.32 Å². The smallest absolute Gasteiger partial charge is 0.261 e. The second-order valence-electron chi connectivity index (χ2n) is 7.98. The Morgan fingerprint density at radius 1 is 1.19 bits per heavy atom. The summed E-state index contributed by atoms with van der Waals surface area (Å²) in [5.74, 6) is -0.775. The average molecular weight is 459 g/mol. The highest BCUT2D eigenvalue weighted by Gasteiger charge is 2.22. The third-order valence-electron chi connectivity index (χ3n) is 5.25. The fraction of sp³-hybridized carbons (Fsp3) is 0.261. The average Bonchev–Trinajstić information content (AvgIpc) is 3.18. The molecule has 8 heteroatoms. The van der Waals surface area contributed by atoms with Gasteiger partial charge in [0.15, 0.2) is 9.84 Å². The van der Waals surface area contributed by atoms with Gasteiger partial charge in [-0.2, -0.15) is 0 Å². The van der Waals surface area contributed by atoms with Crippen molar-refractivity contribution in [2.24, 2.45) is 7.05 Å². The summed E-state index contributed by atoms with van der Waals surface area (Å²) in [6.45, 7) is 1.89. The highest BCUT2D eigenvalue weighted by Crippen LogP contribution is 2.33. The molecule has 1 unspecified atom stereocenters. The molecular formula is C23H23FN2O3S2. The zero-order chi connectivity index (χ0) is 22.3. The Kier molecular flexibility index (Phi) is 5.61. The lowest BCUT2D eigenvalue weighted by atomic mass is 10.1. The lowest BCUT2D eigenvalue weighted by Crippen LogP contribution is -2.34. The first-order chi connectivity index (χ1) is 14.6. The lowest BCUT2D eigenvalue weighted by molar-refractivity contribution is 0.0943. The number of rotatable bonds is 6. The maximum absolute atomic E-state index is 13.7. The van der Waals surface area contributed by atoms with Gasteiger partial charge in [0.25, 0.3) is 5.91 Å². The molecule has 31 heavy (non-hydrogen) atoms. The summed E-state index contributed by atoms with van der Waals surface area (Å²) >= 11 is 1.30. The SMILES string of the molecule is CC(Cc1cn(C)c2ccc(F)cc12)NC(=O)c1sc2ccccc2c1CS(C)(=O)=O. The fourth-order valence-electron chi connectivity index (χ4n) is 3.97. The number of halogens is 1. The number of hydrogen-bond donors (Lipinski definition) is 1. The molecule has 0 aliphatic carbocycles. The number of thiophene rings is 1. The summed E-state index contributed by atoms with van der Waals surface area (Å²) in [4.78, 5) is 13.5. The van der Waals surface area contributed by atoms with E-state index in [4.69, 9.17) is 0 Å². The number of sulfone groups is 1. The minimum absolute atomic E-state index is 0.184. The first kappa shape index (κ1) is 21.5. The van der Waals surface area contributed by atoms with Crippen LogP contribution in [0.5, 0.6) is 0 Å². The summed E-state index contributed by atoms with van der Waals surface area (Å²) in [6.07, 6.45) is 3.64. The molecule has 2 aromatic heterocycles. The molecule has 0 aliphatic heterocycles. The van der Waals surface area contributed by atoms with Crippen molar-refractivity contribution in [3.8, 4) is 0 Å². The zero-order valence-corrected chi connectivity index (χ0v) is 19.1. The van der Waals surface area contributed by atoms with Crippen molar-refractivity contribution in [3.05, 3.63) is 70.5 Å². The summed E-state index contributed by atoms with van der Waals surface area (Å²) in [7, 11) is -1.40. The van der Waals surface area contributed by atoms with E-state index in [1.165, 1.54) is 29.7 Å². The van der Waals surface area contributed by atoms with Crippen LogP contribution in [0, 0.1) is 5.82 Å². The minimum Gasteiger partial charge on any atom is -0.350 e. The predicted octanol–water partition coefficient (Wildman–Crippen LogP) is 4.44. The molecule has 0 bridgehead atoms. The molecule has 1 atom stereocenters. The topological polar surface area (TPSA) is 68.2 Å². The van der Waals surface area contributed by atoms with E-state index in [1.54, 1.807) is 6.07 Å². The first-order valence-electron chi connectivity index (χ1n) is 9.85. The molecule has 1 N–H and O–H groups in total. The summed E-state index contributed by atoms with van der Waals surface area (Å²) in [5.41, 5.74) is 2.41. The molecule has 5 nitrogen and oxygen atoms in total. The van der Waals surface area contributed by atoms with Crippen LogP contribution in [0.3, 0.4) is 0 Å². The number of carbonyl (C=O) groups excluding carboxylic acids is 1. The van der Waals surface area contributed by atoms with Gasteiger partial charge >= 0.3 is 0 Å². The Balaban J connectivity index is 1.61. The van der Waals surface area contributed by atoms with Gasteiger partial charge in [-0.3, -0.25) is 4.79 Å². The Bertz CT molecular complexity index is 1400. The van der Waals surface area contributed by atoms with Crippen LogP contribution in [-0.4, -0.2) is 31.2 Å². The van der Waals surface area contributed by atoms with E-state index in [9.17, 15) is 17.6 Å². The maximum Gasteiger partial charge on any atom is 0.261 e. The van der Waals surface area contributed by atoms with Crippen LogP contribution in [0.15, 0.2) is 48.7 Å². The van der Waals surface area contributed by atoms with Gasteiger partial charge in [-0.05, 0) is 54.1 Å². The summed E-state index contributed by atoms with van der Waals surface area (Å²) in [5, 5.41) is 4.61. The highest BCUT2D eigenvalue weighted by atomic mass is 32.2. The number of fused-ring (bicyclic) bond motifs is 2. The van der Waals surface area contributed by atoms with Gasteiger partial charge in [-0.25, -0.2) is 12.8 Å². The molecular weight excluding hydrogens is 435 g/mol. The number of aromatic nitrogens is 1. The molecule has 0 aliphatic rings. The van der Waals surface area contributed by atoms with E-state index in [0.717, 1.165) is 26.6 Å². The van der Waals surface area contributed by atoms with Gasteiger partial charge in [0.2, 0.25) is 0 Å². The van der Waals surface area contributed by atoms with Crippen molar-refractivity contribution < 1.29 is 17.6 Å². The highest BCUT2D eigenvalue weighted by molar-refractivity contribution is 7.89. The normalized spacial score (nSPS) is 13.0. The monoisotopic (exact) mass is 458 g/mol. The van der Waals surface area contributed by atoms with Crippen molar-refractivity contribution in [1.29, 1.82) is 0 Å². The number of hydrogen-bond acceptors (Lipinski definition) is 4. The molecule has 4 aromatic rings. The van der Waals surface area contributed by atoms with Crippen molar-refractivity contribution in [2.75, 3.05) is 6.26 Å². The molecule has 0 fully saturated rings. The molecule has 0 saturated carbocycles. The van der Waals surface area contributed by atoms with Crippen LogP contribution < -0.4 is 5.32 Å². The zero-order valence-electron chi connectivity index (χ0n) is 17.5. The molecule has 2 heterocycles. The van der Waals surface area contributed by atoms with E-state index in [-0.39, 0.29) is 23.5 Å². The number of benzene rings is 2. The second-order valence-corrected chi connectivity index (χ2v) is 11.2. The van der Waals surface area contributed by atoms with Gasteiger partial charge in [-0.1, -0.05) is 18.2 Å². The Morgan fingerprint density at radius 2 is 1.94 bits per heavy atom. The van der Waals surface area contributed by atoms with Crippen molar-refractivity contribution in [1.82, 2.24) is 9.88 Å². The summed E-state index contributed by atoms with van der Waals surface area (Å²) in [6, 6.07) is 11.9. The molecule has 4 rings (SSSR count). The molecule has 2 aromatic carbocycles. The number of carbonyl (C=O) groups is 1. The fourth-order valence-corrected chi connectivity index (χ4v) is 6.01. The summed E-state index contributed by atoms with van der Waals surface area (Å²) < 4.78 is 40.5. The van der Waals surface area contributed by atoms with E-state index >= 15 is 0 Å². The quantitative estimate of drug-likeness (QED) is 0.465. The van der Waals surface area contributed by atoms with Gasteiger partial charge < -0.3 is 9.88 Å². The van der Waals surface area contributed by atoms with Gasteiger partial charge in [0.05, 0.1) is 10.6 Å². The van der Waals surface area contributed by atoms with Crippen LogP contribution in [0.1, 0.15) is 27.7 Å². The van der Waals surface area contributed by atoms with Crippen LogP contribution >= 0.6 is 11.3 Å². The van der Waals surface area contributed by atoms with Crippen molar-refractivity contribution in [3.63, 3.8) is 0 Å². The van der Waals surface area contributed by atoms with Gasteiger partial charge in [-0.15, -0.1) is 11.3 Å². The lowest BCUT2D eigenvalue weighted by Gasteiger charge is -2.14. The van der Waals surface area contributed by atoms with Crippen LogP contribution in [0.2, 0.25) is 0 Å². The Hall–Kier alpha value is -2.71. The van der Waals surface area contributed by atoms with Crippen LogP contribution in [0.4, 0.5) is 4.39 Å². The first-order valence-corrected chi connectivity index (χ1v) is 12.7. The van der Waals surface area contributed by atoms with E-state index < -0.39 is 9.84 Å². The Morgan fingerprint density at radius 3 is 2.68 bits per heavy atom. The predicted molar refractivity (Wildman–Crippen MR) is 124 cm³/mol. The third-order valence-corrected chi connectivity index (χ3v) is 7.27. The largest absolute Gasteiger partial charge is 0.350 e. The Labute approximate surface area is 184 Å². The van der Waals surface area contributed by atoms with E-state index in [0.29, 0.717) is 16.9 Å². The van der Waals surface area contributed by atoms with Gasteiger partial charge in [0, 0.05) is 41.1 Å².